The van der Waals surface area contributed by atoms with Crippen LogP contribution >= 0.6 is 0 Å². The van der Waals surface area contributed by atoms with Crippen molar-refractivity contribution in [3.63, 3.8) is 0 Å². The molecule has 0 radical (unpaired) electrons. The smallest absolute Gasteiger partial charge is 0.162 e. The van der Waals surface area contributed by atoms with Gasteiger partial charge in [0.1, 0.15) is 0 Å². The Labute approximate surface area is 76.8 Å². The average Bonchev–Trinajstić information content (AvgIpc) is 2.13. The molecule has 0 saturated heterocycles. The first-order valence-corrected chi connectivity index (χ1v) is 4.21. The zero-order valence-corrected chi connectivity index (χ0v) is 7.61. The number of nitrogens with two attached hydrogens (primary N) is 1. The molecule has 1 nitrogen and oxygen atoms in total. The first-order valence-electron chi connectivity index (χ1n) is 4.21. The van der Waals surface area contributed by atoms with Crippen LogP contribution in [0.1, 0.15) is 11.1 Å². The minimum absolute atomic E-state index is 0.347. The van der Waals surface area contributed by atoms with Crippen LogP contribution in [0.4, 0.5) is 8.78 Å². The average molecular weight is 185 g/mol. The van der Waals surface area contributed by atoms with Crippen molar-refractivity contribution in [2.24, 2.45) is 0 Å². The highest BCUT2D eigenvalue weighted by atomic mass is 19.2. The van der Waals surface area contributed by atoms with Gasteiger partial charge >= 0.3 is 0 Å². The molecule has 3 heteroatoms. The Kier molecular flexibility index (Phi) is 3.37. The van der Waals surface area contributed by atoms with Crippen LogP contribution in [0.3, 0.4) is 0 Å². The van der Waals surface area contributed by atoms with Crippen LogP contribution < -0.4 is 5.32 Å². The van der Waals surface area contributed by atoms with E-state index in [9.17, 15) is 8.78 Å². The largest absolute Gasteiger partial charge is 0.479 e. The summed E-state index contributed by atoms with van der Waals surface area (Å²) in [5, 5.41) is 1.69. The Hall–Kier alpha value is -0.960. The first-order chi connectivity index (χ1) is 6.16. The van der Waals surface area contributed by atoms with E-state index in [0.717, 1.165) is 0 Å². The number of hydrogen-bond acceptors (Lipinski definition) is 0. The van der Waals surface area contributed by atoms with Crippen molar-refractivity contribution in [1.82, 2.24) is 0 Å². The van der Waals surface area contributed by atoms with Gasteiger partial charge in [0.25, 0.3) is 0 Å². The maximum atomic E-state index is 13.2. The van der Waals surface area contributed by atoms with Crippen molar-refractivity contribution in [3.8, 4) is 0 Å². The van der Waals surface area contributed by atoms with E-state index in [0.29, 0.717) is 24.1 Å². The fourth-order valence-corrected chi connectivity index (χ4v) is 1.14. The summed E-state index contributed by atoms with van der Waals surface area (Å²) in [5.41, 5.74) is 0.767. The molecule has 0 aliphatic carbocycles. The lowest BCUT2D eigenvalue weighted by atomic mass is 10.1. The molecular weight excluding hydrogens is 172 g/mol. The molecule has 0 bridgehead atoms. The standard InChI is InChI=1S/C10H13F2N/c1-7-3-4-8(5-6-13-2)10(12)9(7)11/h3-4H,2,5-6,13H2,1H3. The third-order valence-corrected chi connectivity index (χ3v) is 1.97. The Morgan fingerprint density at radius 1 is 1.31 bits per heavy atom. The number of halogens is 2. The molecule has 0 fully saturated rings. The molecule has 0 aromatic heterocycles. The van der Waals surface area contributed by atoms with Gasteiger partial charge in [0.05, 0.1) is 6.54 Å². The molecule has 0 unspecified atom stereocenters. The lowest BCUT2D eigenvalue weighted by Crippen LogP contribution is -2.77. The second-order valence-electron chi connectivity index (χ2n) is 3.00. The van der Waals surface area contributed by atoms with Crippen molar-refractivity contribution >= 4 is 0 Å². The Balaban J connectivity index is 2.90. The first kappa shape index (κ1) is 10.1. The SMILES string of the molecule is [CH2-][NH2+]CCc1ccc(C)c(F)c1F. The molecule has 13 heavy (non-hydrogen) atoms. The maximum absolute atomic E-state index is 13.2. The quantitative estimate of drug-likeness (QED) is 0.681. The lowest BCUT2D eigenvalue weighted by molar-refractivity contribution is -0.594. The van der Waals surface area contributed by atoms with Gasteiger partial charge in [0.15, 0.2) is 11.6 Å². The van der Waals surface area contributed by atoms with E-state index in [1.54, 1.807) is 24.4 Å². The molecule has 0 spiro atoms. The van der Waals surface area contributed by atoms with E-state index in [2.05, 4.69) is 7.05 Å². The van der Waals surface area contributed by atoms with Crippen LogP contribution in [-0.4, -0.2) is 6.54 Å². The zero-order chi connectivity index (χ0) is 9.84. The summed E-state index contributed by atoms with van der Waals surface area (Å²) >= 11 is 0. The molecular formula is C10H13F2N. The predicted octanol–water partition coefficient (Wildman–Crippen LogP) is 1.17. The van der Waals surface area contributed by atoms with Crippen LogP contribution in [-0.2, 0) is 6.42 Å². The lowest BCUT2D eigenvalue weighted by Gasteiger charge is -2.05. The summed E-state index contributed by atoms with van der Waals surface area (Å²) in [6.45, 7) is 2.22. The van der Waals surface area contributed by atoms with E-state index in [4.69, 9.17) is 0 Å². The molecule has 0 aliphatic heterocycles. The van der Waals surface area contributed by atoms with Gasteiger partial charge < -0.3 is 5.32 Å². The highest BCUT2D eigenvalue weighted by molar-refractivity contribution is 5.25. The molecule has 0 aliphatic rings. The van der Waals surface area contributed by atoms with Gasteiger partial charge in [-0.25, -0.2) is 8.78 Å². The fraction of sp³-hybridized carbons (Fsp3) is 0.300. The van der Waals surface area contributed by atoms with E-state index >= 15 is 0 Å². The van der Waals surface area contributed by atoms with Gasteiger partial charge in [-0.05, 0) is 18.1 Å². The normalized spacial score (nSPS) is 10.5. The number of aryl methyl sites for hydroxylation is 1. The van der Waals surface area contributed by atoms with Gasteiger partial charge in [0, 0.05) is 6.42 Å². The van der Waals surface area contributed by atoms with Crippen molar-refractivity contribution in [2.45, 2.75) is 13.3 Å². The van der Waals surface area contributed by atoms with E-state index in [1.165, 1.54) is 0 Å². The molecule has 0 amide bonds. The van der Waals surface area contributed by atoms with E-state index < -0.39 is 11.6 Å². The highest BCUT2D eigenvalue weighted by Gasteiger charge is 2.09. The molecule has 2 N–H and O–H groups in total. The minimum atomic E-state index is -0.735. The number of rotatable bonds is 3. The molecule has 1 aromatic carbocycles. The van der Waals surface area contributed by atoms with Crippen LogP contribution in [0.15, 0.2) is 12.1 Å². The van der Waals surface area contributed by atoms with E-state index in [1.807, 2.05) is 0 Å². The van der Waals surface area contributed by atoms with Gasteiger partial charge in [-0.3, -0.25) is 0 Å². The second kappa shape index (κ2) is 4.33. The Bertz CT molecular complexity index is 297. The second-order valence-corrected chi connectivity index (χ2v) is 3.00. The van der Waals surface area contributed by atoms with Gasteiger partial charge in [0.2, 0.25) is 0 Å². The number of quaternary nitrogens is 1. The van der Waals surface area contributed by atoms with Crippen molar-refractivity contribution in [3.05, 3.63) is 41.9 Å². The molecule has 1 aromatic rings. The highest BCUT2D eigenvalue weighted by Crippen LogP contribution is 2.15. The molecule has 0 atom stereocenters. The molecule has 0 saturated carbocycles. The van der Waals surface area contributed by atoms with Gasteiger partial charge in [-0.2, -0.15) is 7.05 Å². The summed E-state index contributed by atoms with van der Waals surface area (Å²) < 4.78 is 26.2. The third-order valence-electron chi connectivity index (χ3n) is 1.97. The molecule has 0 heterocycles. The van der Waals surface area contributed by atoms with Gasteiger partial charge in [-0.15, -0.1) is 0 Å². The predicted molar refractivity (Wildman–Crippen MR) is 46.9 cm³/mol. The van der Waals surface area contributed by atoms with E-state index in [-0.39, 0.29) is 0 Å². The number of hydrogen-bond donors (Lipinski definition) is 1. The van der Waals surface area contributed by atoms with Crippen molar-refractivity contribution in [1.29, 1.82) is 0 Å². The summed E-state index contributed by atoms with van der Waals surface area (Å²) in [5.74, 6) is -1.46. The van der Waals surface area contributed by atoms with Crippen LogP contribution in [0.25, 0.3) is 0 Å². The monoisotopic (exact) mass is 185 g/mol. The molecule has 1 rings (SSSR count). The Morgan fingerprint density at radius 3 is 2.62 bits per heavy atom. The maximum Gasteiger partial charge on any atom is 0.162 e. The summed E-state index contributed by atoms with van der Waals surface area (Å²) in [4.78, 5) is 0. The minimum Gasteiger partial charge on any atom is -0.479 e. The van der Waals surface area contributed by atoms with Crippen LogP contribution in [0, 0.1) is 25.6 Å². The van der Waals surface area contributed by atoms with Crippen molar-refractivity contribution in [2.75, 3.05) is 6.54 Å². The van der Waals surface area contributed by atoms with Crippen molar-refractivity contribution < 1.29 is 14.1 Å². The topological polar surface area (TPSA) is 16.6 Å². The van der Waals surface area contributed by atoms with Crippen LogP contribution in [0.2, 0.25) is 0 Å². The third kappa shape index (κ3) is 2.25. The summed E-state index contributed by atoms with van der Waals surface area (Å²) in [6, 6.07) is 3.22. The Morgan fingerprint density at radius 2 is 2.00 bits per heavy atom. The number of benzene rings is 1. The van der Waals surface area contributed by atoms with Gasteiger partial charge in [-0.1, -0.05) is 12.1 Å². The summed E-state index contributed by atoms with van der Waals surface area (Å²) in [7, 11) is 3.53. The molecule has 72 valence electrons. The summed E-state index contributed by atoms with van der Waals surface area (Å²) in [6.07, 6.45) is 0.506. The fourth-order valence-electron chi connectivity index (χ4n) is 1.14. The zero-order valence-electron chi connectivity index (χ0n) is 7.61. The van der Waals surface area contributed by atoms with Crippen LogP contribution in [0.5, 0.6) is 0 Å².